The highest BCUT2D eigenvalue weighted by atomic mass is 79.9. The Morgan fingerprint density at radius 2 is 1.95 bits per heavy atom. The molecule has 0 aliphatic heterocycles. The van der Waals surface area contributed by atoms with Crippen LogP contribution >= 0.6 is 15.9 Å². The summed E-state index contributed by atoms with van der Waals surface area (Å²) in [6.07, 6.45) is 0. The number of halogens is 3. The molecule has 6 heteroatoms. The lowest BCUT2D eigenvalue weighted by Gasteiger charge is -2.11. The standard InChI is InChI=1S/C14H11BrF2N2O/c1-18-13-9(3-2-4-11(13)17)14(20)19-12-6-5-8(16)7-10(12)15/h2-7,18H,1H3,(H,19,20). The summed E-state index contributed by atoms with van der Waals surface area (Å²) in [4.78, 5) is 12.2. The topological polar surface area (TPSA) is 41.1 Å². The predicted octanol–water partition coefficient (Wildman–Crippen LogP) is 4.02. The van der Waals surface area contributed by atoms with Crippen molar-refractivity contribution in [2.45, 2.75) is 0 Å². The Morgan fingerprint density at radius 1 is 1.20 bits per heavy atom. The average molecular weight is 341 g/mol. The van der Waals surface area contributed by atoms with Crippen LogP contribution in [0.1, 0.15) is 10.4 Å². The number of para-hydroxylation sites is 1. The van der Waals surface area contributed by atoms with E-state index in [9.17, 15) is 13.6 Å². The van der Waals surface area contributed by atoms with Crippen molar-refractivity contribution < 1.29 is 13.6 Å². The van der Waals surface area contributed by atoms with Gasteiger partial charge in [-0.05, 0) is 46.3 Å². The molecule has 2 aromatic carbocycles. The highest BCUT2D eigenvalue weighted by Gasteiger charge is 2.15. The first-order chi connectivity index (χ1) is 9.52. The van der Waals surface area contributed by atoms with E-state index in [4.69, 9.17) is 0 Å². The van der Waals surface area contributed by atoms with E-state index >= 15 is 0 Å². The maximum absolute atomic E-state index is 13.6. The lowest BCUT2D eigenvalue weighted by Crippen LogP contribution is -2.15. The minimum atomic E-state index is -0.515. The van der Waals surface area contributed by atoms with Gasteiger partial charge in [0.05, 0.1) is 16.9 Å². The van der Waals surface area contributed by atoms with Crippen molar-refractivity contribution in [3.05, 3.63) is 58.1 Å². The van der Waals surface area contributed by atoms with E-state index in [-0.39, 0.29) is 11.3 Å². The van der Waals surface area contributed by atoms with E-state index < -0.39 is 17.5 Å². The summed E-state index contributed by atoms with van der Waals surface area (Å²) in [5.74, 6) is -1.42. The summed E-state index contributed by atoms with van der Waals surface area (Å²) in [6, 6.07) is 8.10. The number of hydrogen-bond acceptors (Lipinski definition) is 2. The van der Waals surface area contributed by atoms with Gasteiger partial charge in [0.15, 0.2) is 0 Å². The molecule has 1 amide bonds. The first kappa shape index (κ1) is 14.5. The minimum Gasteiger partial charge on any atom is -0.385 e. The van der Waals surface area contributed by atoms with Crippen LogP contribution in [0.15, 0.2) is 40.9 Å². The number of carbonyl (C=O) groups excluding carboxylic acids is 1. The Hall–Kier alpha value is -1.95. The van der Waals surface area contributed by atoms with Gasteiger partial charge in [0.1, 0.15) is 11.6 Å². The minimum absolute atomic E-state index is 0.114. The normalized spacial score (nSPS) is 10.2. The molecule has 0 atom stereocenters. The summed E-state index contributed by atoms with van der Waals surface area (Å²) in [5, 5.41) is 5.24. The maximum Gasteiger partial charge on any atom is 0.257 e. The van der Waals surface area contributed by atoms with Crippen LogP contribution in [0.3, 0.4) is 0 Å². The van der Waals surface area contributed by atoms with Crippen LogP contribution in [0.25, 0.3) is 0 Å². The quantitative estimate of drug-likeness (QED) is 0.885. The van der Waals surface area contributed by atoms with Crippen molar-refractivity contribution in [3.8, 4) is 0 Å². The van der Waals surface area contributed by atoms with Crippen molar-refractivity contribution in [3.63, 3.8) is 0 Å². The highest BCUT2D eigenvalue weighted by Crippen LogP contribution is 2.25. The number of rotatable bonds is 3. The molecule has 2 N–H and O–H groups in total. The molecular formula is C14H11BrF2N2O. The van der Waals surface area contributed by atoms with Gasteiger partial charge in [0.2, 0.25) is 0 Å². The number of nitrogens with one attached hydrogen (secondary N) is 2. The molecule has 20 heavy (non-hydrogen) atoms. The van der Waals surface area contributed by atoms with Crippen molar-refractivity contribution in [1.29, 1.82) is 0 Å². The third-order valence-corrected chi connectivity index (χ3v) is 3.34. The zero-order chi connectivity index (χ0) is 14.7. The van der Waals surface area contributed by atoms with Crippen LogP contribution in [-0.2, 0) is 0 Å². The van der Waals surface area contributed by atoms with Gasteiger partial charge in [0.25, 0.3) is 5.91 Å². The fraction of sp³-hybridized carbons (Fsp3) is 0.0714. The number of hydrogen-bond donors (Lipinski definition) is 2. The van der Waals surface area contributed by atoms with Gasteiger partial charge in [-0.15, -0.1) is 0 Å². The second-order valence-corrected chi connectivity index (χ2v) is 4.85. The number of benzene rings is 2. The maximum atomic E-state index is 13.6. The molecule has 0 spiro atoms. The van der Waals surface area contributed by atoms with Gasteiger partial charge >= 0.3 is 0 Å². The fourth-order valence-corrected chi connectivity index (χ4v) is 2.20. The molecule has 2 rings (SSSR count). The monoisotopic (exact) mass is 340 g/mol. The van der Waals surface area contributed by atoms with E-state index in [1.54, 1.807) is 0 Å². The smallest absolute Gasteiger partial charge is 0.257 e. The Kier molecular flexibility index (Phi) is 4.34. The molecule has 0 aliphatic carbocycles. The summed E-state index contributed by atoms with van der Waals surface area (Å²) < 4.78 is 27.0. The first-order valence-corrected chi connectivity index (χ1v) is 6.55. The molecule has 0 saturated carbocycles. The average Bonchev–Trinajstić information content (AvgIpc) is 2.41. The van der Waals surface area contributed by atoms with Crippen molar-refractivity contribution >= 4 is 33.2 Å². The number of amides is 1. The molecule has 0 saturated heterocycles. The van der Waals surface area contributed by atoms with E-state index in [0.29, 0.717) is 10.2 Å². The van der Waals surface area contributed by atoms with Crippen LogP contribution in [0.2, 0.25) is 0 Å². The first-order valence-electron chi connectivity index (χ1n) is 5.75. The summed E-state index contributed by atoms with van der Waals surface area (Å²) >= 11 is 3.15. The van der Waals surface area contributed by atoms with Crippen LogP contribution in [0, 0.1) is 11.6 Å². The van der Waals surface area contributed by atoms with Crippen LogP contribution < -0.4 is 10.6 Å². The van der Waals surface area contributed by atoms with Gasteiger partial charge in [0, 0.05) is 11.5 Å². The van der Waals surface area contributed by atoms with Crippen molar-refractivity contribution in [1.82, 2.24) is 0 Å². The predicted molar refractivity (Wildman–Crippen MR) is 78.0 cm³/mol. The summed E-state index contributed by atoms with van der Waals surface area (Å²) in [7, 11) is 1.53. The molecule has 104 valence electrons. The largest absolute Gasteiger partial charge is 0.385 e. The van der Waals surface area contributed by atoms with Gasteiger partial charge in [-0.1, -0.05) is 6.07 Å². The zero-order valence-electron chi connectivity index (χ0n) is 10.5. The van der Waals surface area contributed by atoms with Crippen LogP contribution in [0.4, 0.5) is 20.2 Å². The van der Waals surface area contributed by atoms with Gasteiger partial charge in [-0.2, -0.15) is 0 Å². The Balaban J connectivity index is 2.31. The van der Waals surface area contributed by atoms with E-state index in [2.05, 4.69) is 26.6 Å². The molecule has 0 unspecified atom stereocenters. The van der Waals surface area contributed by atoms with Crippen LogP contribution in [-0.4, -0.2) is 13.0 Å². The molecule has 0 bridgehead atoms. The second kappa shape index (κ2) is 6.00. The molecule has 2 aromatic rings. The second-order valence-electron chi connectivity index (χ2n) is 3.99. The van der Waals surface area contributed by atoms with E-state index in [1.165, 1.54) is 43.4 Å². The lowest BCUT2D eigenvalue weighted by atomic mass is 10.1. The van der Waals surface area contributed by atoms with Gasteiger partial charge < -0.3 is 10.6 Å². The number of anilines is 2. The van der Waals surface area contributed by atoms with E-state index in [1.807, 2.05) is 0 Å². The van der Waals surface area contributed by atoms with Gasteiger partial charge in [-0.25, -0.2) is 8.78 Å². The molecular weight excluding hydrogens is 330 g/mol. The number of carbonyl (C=O) groups is 1. The molecule has 0 heterocycles. The SMILES string of the molecule is CNc1c(F)cccc1C(=O)Nc1ccc(F)cc1Br. The van der Waals surface area contributed by atoms with Crippen LogP contribution in [0.5, 0.6) is 0 Å². The third-order valence-electron chi connectivity index (χ3n) is 2.69. The fourth-order valence-electron chi connectivity index (χ4n) is 1.75. The summed E-state index contributed by atoms with van der Waals surface area (Å²) in [6.45, 7) is 0. The molecule has 0 aromatic heterocycles. The molecule has 0 fully saturated rings. The third kappa shape index (κ3) is 2.96. The zero-order valence-corrected chi connectivity index (χ0v) is 12.1. The molecule has 0 radical (unpaired) electrons. The Morgan fingerprint density at radius 3 is 2.60 bits per heavy atom. The Labute approximate surface area is 123 Å². The molecule has 0 aliphatic rings. The van der Waals surface area contributed by atoms with Crippen molar-refractivity contribution in [2.24, 2.45) is 0 Å². The molecule has 3 nitrogen and oxygen atoms in total. The lowest BCUT2D eigenvalue weighted by molar-refractivity contribution is 0.102. The van der Waals surface area contributed by atoms with Gasteiger partial charge in [-0.3, -0.25) is 4.79 Å². The highest BCUT2D eigenvalue weighted by molar-refractivity contribution is 9.10. The Bertz CT molecular complexity index is 662. The summed E-state index contributed by atoms with van der Waals surface area (Å²) in [5.41, 5.74) is 0.690. The van der Waals surface area contributed by atoms with Crippen molar-refractivity contribution in [2.75, 3.05) is 17.7 Å². The van der Waals surface area contributed by atoms with E-state index in [0.717, 1.165) is 0 Å².